The van der Waals surface area contributed by atoms with Gasteiger partial charge in [-0.05, 0) is 31.4 Å². The Balaban J connectivity index is 1.10. The van der Waals surface area contributed by atoms with Crippen LogP contribution in [0.15, 0.2) is 42.2 Å². The Morgan fingerprint density at radius 2 is 2.14 bits per heavy atom. The number of nitrogens with one attached hydrogen (secondary N) is 3. The number of fused-ring (bicyclic) bond motifs is 1. The number of amides is 2. The third kappa shape index (κ3) is 6.68. The maximum atomic E-state index is 14.1. The number of aromatic nitrogens is 3. The van der Waals surface area contributed by atoms with Crippen molar-refractivity contribution in [2.45, 2.75) is 32.2 Å². The number of halogens is 1. The molecular formula is C24H25FN6O4S2. The number of urea groups is 1. The number of thiazole rings is 1. The fourth-order valence-electron chi connectivity index (χ4n) is 3.71. The van der Waals surface area contributed by atoms with Crippen LogP contribution < -0.4 is 20.7 Å². The number of carbonyl (C=O) groups excluding carboxylic acids is 1. The maximum absolute atomic E-state index is 14.1. The van der Waals surface area contributed by atoms with Crippen LogP contribution in [0.25, 0.3) is 10.2 Å². The van der Waals surface area contributed by atoms with Crippen molar-refractivity contribution in [3.8, 4) is 5.75 Å². The van der Waals surface area contributed by atoms with Crippen molar-refractivity contribution >= 4 is 55.6 Å². The van der Waals surface area contributed by atoms with Crippen LogP contribution in [0, 0.1) is 5.82 Å². The van der Waals surface area contributed by atoms with E-state index in [0.717, 1.165) is 20.9 Å². The summed E-state index contributed by atoms with van der Waals surface area (Å²) in [6, 6.07) is 5.42. The Bertz CT molecular complexity index is 1390. The smallest absolute Gasteiger partial charge is 0.325 e. The first-order chi connectivity index (χ1) is 17.8. The van der Waals surface area contributed by atoms with E-state index in [1.165, 1.54) is 29.8 Å². The Hall–Kier alpha value is -3.39. The number of hydrogen-bond donors (Lipinski definition) is 3. The Kier molecular flexibility index (Phi) is 7.46. The molecule has 0 radical (unpaired) electrons. The highest BCUT2D eigenvalue weighted by molar-refractivity contribution is 7.17. The predicted octanol–water partition coefficient (Wildman–Crippen LogP) is 5.12. The molecule has 194 valence electrons. The van der Waals surface area contributed by atoms with Crippen molar-refractivity contribution in [3.63, 3.8) is 0 Å². The normalized spacial score (nSPS) is 16.6. The third-order valence-corrected chi connectivity index (χ3v) is 7.20. The topological polar surface area (TPSA) is 120 Å². The summed E-state index contributed by atoms with van der Waals surface area (Å²) in [4.78, 5) is 26.3. The summed E-state index contributed by atoms with van der Waals surface area (Å²) >= 11 is 2.95. The zero-order valence-electron chi connectivity index (χ0n) is 20.1. The molecule has 1 unspecified atom stereocenters. The van der Waals surface area contributed by atoms with E-state index in [0.29, 0.717) is 24.7 Å². The molecule has 1 saturated heterocycles. The average Bonchev–Trinajstić information content (AvgIpc) is 3.57. The molecule has 1 fully saturated rings. The maximum Gasteiger partial charge on any atom is 0.325 e. The summed E-state index contributed by atoms with van der Waals surface area (Å²) < 4.78 is 32.0. The number of anilines is 3. The van der Waals surface area contributed by atoms with Gasteiger partial charge in [0.25, 0.3) is 0 Å². The SMILES string of the molecule is CC1(C)OCC(COc2cc(F)cc(NC(=O)Nc3ncc(CCNc4ncnc5ccsc45)s3)c2)O1. The summed E-state index contributed by atoms with van der Waals surface area (Å²) in [5.41, 5.74) is 1.17. The minimum atomic E-state index is -0.666. The van der Waals surface area contributed by atoms with E-state index in [9.17, 15) is 9.18 Å². The number of hydrogen-bond acceptors (Lipinski definition) is 10. The van der Waals surface area contributed by atoms with E-state index in [2.05, 4.69) is 30.9 Å². The molecule has 37 heavy (non-hydrogen) atoms. The number of carbonyl (C=O) groups is 1. The molecule has 4 heterocycles. The molecule has 1 aromatic carbocycles. The zero-order chi connectivity index (χ0) is 25.8. The highest BCUT2D eigenvalue weighted by atomic mass is 32.1. The van der Waals surface area contributed by atoms with Gasteiger partial charge in [-0.3, -0.25) is 5.32 Å². The van der Waals surface area contributed by atoms with E-state index < -0.39 is 17.6 Å². The van der Waals surface area contributed by atoms with Gasteiger partial charge in [0.2, 0.25) is 0 Å². The molecule has 1 aliphatic rings. The molecule has 2 amide bonds. The van der Waals surface area contributed by atoms with E-state index in [4.69, 9.17) is 14.2 Å². The molecule has 10 nitrogen and oxygen atoms in total. The van der Waals surface area contributed by atoms with Crippen molar-refractivity contribution in [3.05, 3.63) is 52.9 Å². The minimum Gasteiger partial charge on any atom is -0.491 e. The molecule has 3 N–H and O–H groups in total. The molecule has 1 atom stereocenters. The number of thiophene rings is 1. The van der Waals surface area contributed by atoms with Gasteiger partial charge in [0.05, 0.1) is 16.8 Å². The van der Waals surface area contributed by atoms with Crippen molar-refractivity contribution in [2.75, 3.05) is 35.7 Å². The molecule has 0 bridgehead atoms. The molecule has 4 aromatic rings. The van der Waals surface area contributed by atoms with Gasteiger partial charge >= 0.3 is 6.03 Å². The van der Waals surface area contributed by atoms with Gasteiger partial charge in [-0.1, -0.05) is 0 Å². The van der Waals surface area contributed by atoms with Crippen LogP contribution in [-0.2, 0) is 15.9 Å². The van der Waals surface area contributed by atoms with Crippen molar-refractivity contribution in [1.29, 1.82) is 0 Å². The molecule has 0 aliphatic carbocycles. The Morgan fingerprint density at radius 3 is 2.97 bits per heavy atom. The molecule has 1 aliphatic heterocycles. The van der Waals surface area contributed by atoms with E-state index in [-0.39, 0.29) is 24.1 Å². The lowest BCUT2D eigenvalue weighted by Crippen LogP contribution is -2.25. The predicted molar refractivity (Wildman–Crippen MR) is 141 cm³/mol. The van der Waals surface area contributed by atoms with Crippen molar-refractivity contribution < 1.29 is 23.4 Å². The Morgan fingerprint density at radius 1 is 1.24 bits per heavy atom. The van der Waals surface area contributed by atoms with Crippen molar-refractivity contribution in [2.24, 2.45) is 0 Å². The largest absolute Gasteiger partial charge is 0.491 e. The van der Waals surface area contributed by atoms with Gasteiger partial charge in [0.15, 0.2) is 10.9 Å². The van der Waals surface area contributed by atoms with Gasteiger partial charge in [-0.2, -0.15) is 0 Å². The van der Waals surface area contributed by atoms with Crippen LogP contribution in [0.5, 0.6) is 5.75 Å². The second-order valence-corrected chi connectivity index (χ2v) is 10.7. The first kappa shape index (κ1) is 25.3. The third-order valence-electron chi connectivity index (χ3n) is 5.31. The molecule has 13 heteroatoms. The monoisotopic (exact) mass is 544 g/mol. The fourth-order valence-corrected chi connectivity index (χ4v) is 5.33. The average molecular weight is 545 g/mol. The lowest BCUT2D eigenvalue weighted by Gasteiger charge is -2.17. The minimum absolute atomic E-state index is 0.199. The van der Waals surface area contributed by atoms with Gasteiger partial charge in [-0.25, -0.2) is 24.1 Å². The molecule has 0 saturated carbocycles. The second-order valence-electron chi connectivity index (χ2n) is 8.68. The lowest BCUT2D eigenvalue weighted by atomic mass is 10.3. The van der Waals surface area contributed by atoms with E-state index in [1.807, 2.05) is 25.3 Å². The number of ether oxygens (including phenoxy) is 3. The highest BCUT2D eigenvalue weighted by Gasteiger charge is 2.33. The quantitative estimate of drug-likeness (QED) is 0.266. The highest BCUT2D eigenvalue weighted by Crippen LogP contribution is 2.27. The summed E-state index contributed by atoms with van der Waals surface area (Å²) in [6.07, 6.45) is 3.70. The molecule has 0 spiro atoms. The van der Waals surface area contributed by atoms with Crippen LogP contribution in [0.1, 0.15) is 18.7 Å². The Labute approximate surface area is 220 Å². The first-order valence-corrected chi connectivity index (χ1v) is 13.2. The zero-order valence-corrected chi connectivity index (χ0v) is 21.7. The van der Waals surface area contributed by atoms with Crippen molar-refractivity contribution in [1.82, 2.24) is 15.0 Å². The summed E-state index contributed by atoms with van der Waals surface area (Å²) in [7, 11) is 0. The van der Waals surface area contributed by atoms with Crippen LogP contribution >= 0.6 is 22.7 Å². The summed E-state index contributed by atoms with van der Waals surface area (Å²) in [6.45, 7) is 4.88. The van der Waals surface area contributed by atoms with E-state index >= 15 is 0 Å². The number of rotatable bonds is 9. The van der Waals surface area contributed by atoms with Gasteiger partial charge in [0.1, 0.15) is 36.4 Å². The van der Waals surface area contributed by atoms with Gasteiger partial charge in [-0.15, -0.1) is 22.7 Å². The molecule has 5 rings (SSSR count). The van der Waals surface area contributed by atoms with E-state index in [1.54, 1.807) is 23.6 Å². The summed E-state index contributed by atoms with van der Waals surface area (Å²) in [5.74, 6) is -0.130. The van der Waals surface area contributed by atoms with Crippen LogP contribution in [0.2, 0.25) is 0 Å². The van der Waals surface area contributed by atoms with Crippen LogP contribution in [-0.4, -0.2) is 52.6 Å². The number of benzene rings is 1. The number of nitrogens with zero attached hydrogens (tertiary/aromatic N) is 3. The first-order valence-electron chi connectivity index (χ1n) is 11.5. The lowest BCUT2D eigenvalue weighted by molar-refractivity contribution is -0.141. The van der Waals surface area contributed by atoms with Gasteiger partial charge in [0, 0.05) is 41.9 Å². The van der Waals surface area contributed by atoms with Gasteiger partial charge < -0.3 is 24.8 Å². The summed E-state index contributed by atoms with van der Waals surface area (Å²) in [5, 5.41) is 11.0. The van der Waals surface area contributed by atoms with Crippen LogP contribution in [0.4, 0.5) is 25.8 Å². The fraction of sp³-hybridized carbons (Fsp3) is 0.333. The molecular weight excluding hydrogens is 519 g/mol. The second kappa shape index (κ2) is 10.9. The van der Waals surface area contributed by atoms with Crippen LogP contribution in [0.3, 0.4) is 0 Å². The molecule has 3 aromatic heterocycles. The standard InChI is InChI=1S/C24H25FN6O4S2/c1-24(2)34-12-17(35-24)11-33-16-8-14(25)7-15(9-16)30-22(32)31-23-27-10-18(37-23)3-5-26-21-20-19(4-6-36-20)28-13-29-21/h4,6-10,13,17H,3,5,11-12H2,1-2H3,(H,26,28,29)(H2,27,30,31,32).